The number of halogens is 1. The maximum atomic E-state index is 14.7. The molecule has 0 bridgehead atoms. The lowest BCUT2D eigenvalue weighted by Crippen LogP contribution is -2.33. The van der Waals surface area contributed by atoms with Crippen LogP contribution in [0.4, 0.5) is 25.4 Å². The fourth-order valence-corrected chi connectivity index (χ4v) is 3.85. The summed E-state index contributed by atoms with van der Waals surface area (Å²) in [4.78, 5) is 36.8. The van der Waals surface area contributed by atoms with Crippen molar-refractivity contribution < 1.29 is 28.2 Å². The molecule has 2 N–H and O–H groups in total. The second kappa shape index (κ2) is 11.4. The number of nitrogens with one attached hydrogen (secondary N) is 2. The zero-order chi connectivity index (χ0) is 25.5. The summed E-state index contributed by atoms with van der Waals surface area (Å²) in [5.41, 5.74) is 3.22. The van der Waals surface area contributed by atoms with Gasteiger partial charge in [-0.15, -0.1) is 0 Å². The molecule has 186 valence electrons. The van der Waals surface area contributed by atoms with Gasteiger partial charge in [-0.25, -0.2) is 14.0 Å². The van der Waals surface area contributed by atoms with Gasteiger partial charge in [-0.05, 0) is 41.3 Å². The van der Waals surface area contributed by atoms with Crippen molar-refractivity contribution in [2.24, 2.45) is 0 Å². The number of rotatable bonds is 8. The third-order valence-electron chi connectivity index (χ3n) is 5.67. The van der Waals surface area contributed by atoms with Gasteiger partial charge in [0.25, 0.3) is 0 Å². The molecule has 3 aromatic rings. The average molecular weight is 492 g/mol. The lowest BCUT2D eigenvalue weighted by molar-refractivity contribution is -0.119. The SMILES string of the molecule is CC(=O)NC[C@H]1CN(c2ccc(NC(=O)OCc3ccccc3Cc3ccccc3)c(F)c2)C(=O)O1. The van der Waals surface area contributed by atoms with Crippen molar-refractivity contribution in [3.63, 3.8) is 0 Å². The van der Waals surface area contributed by atoms with Gasteiger partial charge in [0.15, 0.2) is 0 Å². The van der Waals surface area contributed by atoms with Crippen LogP contribution in [0.2, 0.25) is 0 Å². The molecule has 36 heavy (non-hydrogen) atoms. The fourth-order valence-electron chi connectivity index (χ4n) is 3.85. The van der Waals surface area contributed by atoms with Crippen molar-refractivity contribution >= 4 is 29.5 Å². The van der Waals surface area contributed by atoms with Crippen molar-refractivity contribution in [1.82, 2.24) is 5.32 Å². The monoisotopic (exact) mass is 491 g/mol. The number of cyclic esters (lactones) is 1. The minimum absolute atomic E-state index is 0.0316. The Morgan fingerprint density at radius 3 is 2.50 bits per heavy atom. The van der Waals surface area contributed by atoms with E-state index in [9.17, 15) is 18.8 Å². The summed E-state index contributed by atoms with van der Waals surface area (Å²) in [7, 11) is 0. The molecule has 1 fully saturated rings. The molecule has 1 aliphatic heterocycles. The zero-order valence-electron chi connectivity index (χ0n) is 19.7. The van der Waals surface area contributed by atoms with E-state index < -0.39 is 24.1 Å². The maximum absolute atomic E-state index is 14.7. The van der Waals surface area contributed by atoms with Gasteiger partial charge >= 0.3 is 12.2 Å². The highest BCUT2D eigenvalue weighted by molar-refractivity contribution is 5.91. The number of anilines is 2. The maximum Gasteiger partial charge on any atom is 0.414 e. The molecular weight excluding hydrogens is 465 g/mol. The first-order chi connectivity index (χ1) is 17.4. The Labute approximate surface area is 208 Å². The molecule has 0 aromatic heterocycles. The van der Waals surface area contributed by atoms with E-state index in [0.29, 0.717) is 6.42 Å². The van der Waals surface area contributed by atoms with Crippen LogP contribution in [0.3, 0.4) is 0 Å². The average Bonchev–Trinajstić information content (AvgIpc) is 3.24. The van der Waals surface area contributed by atoms with Crippen LogP contribution in [0.1, 0.15) is 23.6 Å². The first kappa shape index (κ1) is 24.7. The Bertz CT molecular complexity index is 1250. The van der Waals surface area contributed by atoms with Gasteiger partial charge < -0.3 is 14.8 Å². The van der Waals surface area contributed by atoms with E-state index in [0.717, 1.165) is 22.8 Å². The number of carbonyl (C=O) groups excluding carboxylic acids is 3. The van der Waals surface area contributed by atoms with Crippen LogP contribution >= 0.6 is 0 Å². The number of nitrogens with zero attached hydrogens (tertiary/aromatic N) is 1. The van der Waals surface area contributed by atoms with Crippen LogP contribution in [0.25, 0.3) is 0 Å². The zero-order valence-corrected chi connectivity index (χ0v) is 19.7. The molecule has 1 atom stereocenters. The van der Waals surface area contributed by atoms with E-state index in [4.69, 9.17) is 9.47 Å². The summed E-state index contributed by atoms with van der Waals surface area (Å²) in [5, 5.41) is 4.98. The van der Waals surface area contributed by atoms with Gasteiger partial charge in [0, 0.05) is 6.92 Å². The van der Waals surface area contributed by atoms with Crippen LogP contribution in [0, 0.1) is 5.82 Å². The molecular formula is C27H26FN3O5. The molecule has 3 amide bonds. The smallest absolute Gasteiger partial charge is 0.414 e. The molecule has 4 rings (SSSR count). The van der Waals surface area contributed by atoms with Gasteiger partial charge in [-0.3, -0.25) is 15.0 Å². The predicted octanol–water partition coefficient (Wildman–Crippen LogP) is 4.63. The Balaban J connectivity index is 1.34. The quantitative estimate of drug-likeness (QED) is 0.479. The highest BCUT2D eigenvalue weighted by atomic mass is 19.1. The van der Waals surface area contributed by atoms with Crippen LogP contribution in [-0.4, -0.2) is 37.3 Å². The summed E-state index contributed by atoms with van der Waals surface area (Å²) >= 11 is 0. The molecule has 1 aliphatic rings. The Kier molecular flexibility index (Phi) is 7.79. The van der Waals surface area contributed by atoms with Gasteiger partial charge in [-0.1, -0.05) is 54.6 Å². The number of hydrogen-bond acceptors (Lipinski definition) is 5. The summed E-state index contributed by atoms with van der Waals surface area (Å²) < 4.78 is 25.2. The van der Waals surface area contributed by atoms with Gasteiger partial charge in [0.05, 0.1) is 24.5 Å². The minimum Gasteiger partial charge on any atom is -0.444 e. The van der Waals surface area contributed by atoms with Gasteiger partial charge in [-0.2, -0.15) is 0 Å². The lowest BCUT2D eigenvalue weighted by Gasteiger charge is -2.15. The number of benzene rings is 3. The highest BCUT2D eigenvalue weighted by Gasteiger charge is 2.32. The van der Waals surface area contributed by atoms with Crippen LogP contribution < -0.4 is 15.5 Å². The first-order valence-corrected chi connectivity index (χ1v) is 11.5. The molecule has 0 radical (unpaired) electrons. The third kappa shape index (κ3) is 6.38. The van der Waals surface area contributed by atoms with Crippen LogP contribution in [0.5, 0.6) is 0 Å². The molecule has 0 saturated carbocycles. The second-order valence-electron chi connectivity index (χ2n) is 8.35. The number of amides is 3. The number of ether oxygens (including phenoxy) is 2. The third-order valence-corrected chi connectivity index (χ3v) is 5.67. The molecule has 1 saturated heterocycles. The molecule has 0 spiro atoms. The Morgan fingerprint density at radius 1 is 1.06 bits per heavy atom. The fraction of sp³-hybridized carbons (Fsp3) is 0.222. The number of carbonyl (C=O) groups is 3. The lowest BCUT2D eigenvalue weighted by atomic mass is 10.0. The summed E-state index contributed by atoms with van der Waals surface area (Å²) in [6.45, 7) is 1.73. The van der Waals surface area contributed by atoms with E-state index in [2.05, 4.69) is 10.6 Å². The van der Waals surface area contributed by atoms with E-state index in [1.807, 2.05) is 54.6 Å². The van der Waals surface area contributed by atoms with Crippen molar-refractivity contribution in [3.8, 4) is 0 Å². The van der Waals surface area contributed by atoms with Crippen molar-refractivity contribution in [3.05, 3.63) is 95.3 Å². The molecule has 3 aromatic carbocycles. The molecule has 8 nitrogen and oxygen atoms in total. The minimum atomic E-state index is -0.799. The topological polar surface area (TPSA) is 97.0 Å². The Hall–Kier alpha value is -4.40. The summed E-state index contributed by atoms with van der Waals surface area (Å²) in [6, 6.07) is 21.6. The molecule has 0 unspecified atom stereocenters. The molecule has 9 heteroatoms. The number of hydrogen-bond donors (Lipinski definition) is 2. The standard InChI is InChI=1S/C27H26FN3O5/c1-18(32)29-15-23-16-31(27(34)36-23)22-11-12-25(24(28)14-22)30-26(33)35-17-21-10-6-5-9-20(21)13-19-7-3-2-4-8-19/h2-12,14,23H,13,15-17H2,1H3,(H,29,32)(H,30,33)/t23-/m0/s1. The van der Waals surface area contributed by atoms with Crippen molar-refractivity contribution in [2.75, 3.05) is 23.3 Å². The summed E-state index contributed by atoms with van der Waals surface area (Å²) in [6.07, 6.45) is -1.28. The van der Waals surface area contributed by atoms with E-state index in [-0.39, 0.29) is 37.0 Å². The van der Waals surface area contributed by atoms with Crippen LogP contribution in [-0.2, 0) is 27.3 Å². The van der Waals surface area contributed by atoms with E-state index in [1.165, 1.54) is 24.0 Å². The van der Waals surface area contributed by atoms with Gasteiger partial charge in [0.1, 0.15) is 18.5 Å². The highest BCUT2D eigenvalue weighted by Crippen LogP contribution is 2.26. The Morgan fingerprint density at radius 2 is 1.78 bits per heavy atom. The normalized spacial score (nSPS) is 14.8. The predicted molar refractivity (Wildman–Crippen MR) is 132 cm³/mol. The second-order valence-corrected chi connectivity index (χ2v) is 8.35. The molecule has 1 heterocycles. The van der Waals surface area contributed by atoms with Crippen molar-refractivity contribution in [2.45, 2.75) is 26.1 Å². The first-order valence-electron chi connectivity index (χ1n) is 11.5. The molecule has 0 aliphatic carbocycles. The summed E-state index contributed by atoms with van der Waals surface area (Å²) in [5.74, 6) is -0.968. The largest absolute Gasteiger partial charge is 0.444 e. The van der Waals surface area contributed by atoms with Crippen molar-refractivity contribution in [1.29, 1.82) is 0 Å². The van der Waals surface area contributed by atoms with Gasteiger partial charge in [0.2, 0.25) is 5.91 Å². The van der Waals surface area contributed by atoms with E-state index >= 15 is 0 Å². The van der Waals surface area contributed by atoms with Crippen LogP contribution in [0.15, 0.2) is 72.8 Å². The van der Waals surface area contributed by atoms with E-state index in [1.54, 1.807) is 0 Å².